The monoisotopic (exact) mass is 458 g/mol. The Kier molecular flexibility index (Phi) is 5.53. The van der Waals surface area contributed by atoms with Gasteiger partial charge in [-0.1, -0.05) is 48.2 Å². The maximum atomic E-state index is 13.1. The molecule has 0 bridgehead atoms. The molecule has 2 heterocycles. The van der Waals surface area contributed by atoms with Gasteiger partial charge in [0.05, 0.1) is 16.2 Å². The van der Waals surface area contributed by atoms with E-state index in [9.17, 15) is 18.0 Å². The van der Waals surface area contributed by atoms with Crippen molar-refractivity contribution in [1.29, 1.82) is 0 Å². The summed E-state index contributed by atoms with van der Waals surface area (Å²) in [6.45, 7) is 3.94. The van der Waals surface area contributed by atoms with Crippen molar-refractivity contribution in [1.82, 2.24) is 4.57 Å². The maximum Gasteiger partial charge on any atom is 0.416 e. The van der Waals surface area contributed by atoms with Crippen molar-refractivity contribution in [2.24, 2.45) is 0 Å². The summed E-state index contributed by atoms with van der Waals surface area (Å²) in [6.07, 6.45) is -2.75. The normalized spacial score (nSPS) is 15.9. The lowest BCUT2D eigenvalue weighted by molar-refractivity contribution is -0.137. The Bertz CT molecular complexity index is 1210. The van der Waals surface area contributed by atoms with Crippen LogP contribution in [0.3, 0.4) is 0 Å². The number of carbonyl (C=O) groups excluding carboxylic acids is 1. The molecule has 0 spiro atoms. The number of hydrogen-bond acceptors (Lipinski definition) is 3. The van der Waals surface area contributed by atoms with E-state index >= 15 is 0 Å². The Hall–Kier alpha value is -2.84. The van der Waals surface area contributed by atoms with Crippen molar-refractivity contribution in [2.45, 2.75) is 20.0 Å². The smallest absolute Gasteiger partial charge is 0.318 e. The minimum atomic E-state index is -4.50. The molecule has 0 aliphatic carbocycles. The Balaban J connectivity index is 1.69. The molecule has 1 aliphatic rings. The Labute approximate surface area is 187 Å². The fraction of sp³-hybridized carbons (Fsp3) is 0.130. The van der Waals surface area contributed by atoms with Crippen molar-refractivity contribution < 1.29 is 18.0 Å². The van der Waals surface area contributed by atoms with E-state index < -0.39 is 17.6 Å². The minimum absolute atomic E-state index is 0.107. The summed E-state index contributed by atoms with van der Waals surface area (Å²) in [5, 5.41) is 0. The summed E-state index contributed by atoms with van der Waals surface area (Å²) in [7, 11) is 0. The number of hydrogen-bond donors (Lipinski definition) is 0. The molecule has 0 N–H and O–H groups in total. The Morgan fingerprint density at radius 1 is 0.968 bits per heavy atom. The van der Waals surface area contributed by atoms with Crippen molar-refractivity contribution in [3.8, 4) is 5.69 Å². The number of rotatable bonds is 3. The molecule has 4 rings (SSSR count). The molecule has 8 heteroatoms. The lowest BCUT2D eigenvalue weighted by atomic mass is 10.1. The number of aryl methyl sites for hydroxylation is 1. The molecule has 0 atom stereocenters. The minimum Gasteiger partial charge on any atom is -0.318 e. The number of thioether (sulfide) groups is 1. The van der Waals surface area contributed by atoms with Crippen molar-refractivity contribution in [3.63, 3.8) is 0 Å². The number of para-hydroxylation sites is 1. The van der Waals surface area contributed by atoms with Gasteiger partial charge in [0, 0.05) is 17.1 Å². The van der Waals surface area contributed by atoms with Gasteiger partial charge in [0.2, 0.25) is 0 Å². The van der Waals surface area contributed by atoms with E-state index in [0.717, 1.165) is 51.4 Å². The van der Waals surface area contributed by atoms with Crippen LogP contribution in [-0.4, -0.2) is 14.8 Å². The topological polar surface area (TPSA) is 25.2 Å². The van der Waals surface area contributed by atoms with Crippen LogP contribution in [0.1, 0.15) is 22.5 Å². The number of amides is 1. The van der Waals surface area contributed by atoms with Crippen molar-refractivity contribution >= 4 is 46.0 Å². The first-order valence-electron chi connectivity index (χ1n) is 9.36. The number of benzene rings is 2. The highest BCUT2D eigenvalue weighted by molar-refractivity contribution is 8.27. The predicted molar refractivity (Wildman–Crippen MR) is 122 cm³/mol. The summed E-state index contributed by atoms with van der Waals surface area (Å²) >= 11 is 6.39. The molecule has 2 aromatic carbocycles. The molecule has 3 nitrogen and oxygen atoms in total. The molecule has 0 saturated carbocycles. The van der Waals surface area contributed by atoms with E-state index in [-0.39, 0.29) is 10.0 Å². The van der Waals surface area contributed by atoms with Gasteiger partial charge in [0.1, 0.15) is 0 Å². The average Bonchev–Trinajstić information content (AvgIpc) is 3.16. The quantitative estimate of drug-likeness (QED) is 0.330. The molecule has 3 aromatic rings. The summed E-state index contributed by atoms with van der Waals surface area (Å²) < 4.78 is 41.5. The van der Waals surface area contributed by atoms with Gasteiger partial charge in [-0.15, -0.1) is 0 Å². The Morgan fingerprint density at radius 3 is 2.32 bits per heavy atom. The third-order valence-electron chi connectivity index (χ3n) is 5.00. The van der Waals surface area contributed by atoms with Crippen LogP contribution in [0.15, 0.2) is 65.6 Å². The van der Waals surface area contributed by atoms with E-state index in [1.54, 1.807) is 6.08 Å². The number of nitrogens with zero attached hydrogens (tertiary/aromatic N) is 2. The van der Waals surface area contributed by atoms with Gasteiger partial charge in [-0.2, -0.15) is 13.2 Å². The van der Waals surface area contributed by atoms with Gasteiger partial charge in [0.25, 0.3) is 5.91 Å². The lowest BCUT2D eigenvalue weighted by Crippen LogP contribution is -2.27. The van der Waals surface area contributed by atoms with Crippen LogP contribution in [0.4, 0.5) is 18.9 Å². The molecule has 1 fully saturated rings. The van der Waals surface area contributed by atoms with E-state index in [0.29, 0.717) is 4.91 Å². The zero-order valence-electron chi connectivity index (χ0n) is 16.6. The molecule has 0 unspecified atom stereocenters. The standard InChI is InChI=1S/C23H17F3N2OS2/c1-14-11-16(15(2)27(14)18-8-4-3-5-9-18)12-20-21(29)28(22(30)31-20)19-10-6-7-17(13-19)23(24,25)26/h3-13H,1-2H3. The average molecular weight is 459 g/mol. The van der Waals surface area contributed by atoms with Crippen molar-refractivity contribution in [2.75, 3.05) is 4.90 Å². The molecule has 1 amide bonds. The number of aromatic nitrogens is 1. The fourth-order valence-electron chi connectivity index (χ4n) is 3.56. The third kappa shape index (κ3) is 4.05. The second-order valence-corrected chi connectivity index (χ2v) is 8.74. The molecule has 1 aromatic heterocycles. The third-order valence-corrected chi connectivity index (χ3v) is 6.30. The van der Waals surface area contributed by atoms with E-state index in [1.807, 2.05) is 50.2 Å². The number of halogens is 3. The first kappa shape index (κ1) is 21.4. The molecule has 0 radical (unpaired) electrons. The highest BCUT2D eigenvalue weighted by Crippen LogP contribution is 2.39. The summed E-state index contributed by atoms with van der Waals surface area (Å²) in [5.74, 6) is -0.432. The lowest BCUT2D eigenvalue weighted by Gasteiger charge is -2.16. The molecule has 1 saturated heterocycles. The highest BCUT2D eigenvalue weighted by Gasteiger charge is 2.36. The van der Waals surface area contributed by atoms with Gasteiger partial charge >= 0.3 is 6.18 Å². The van der Waals surface area contributed by atoms with Crippen LogP contribution in [0.2, 0.25) is 0 Å². The summed E-state index contributed by atoms with van der Waals surface area (Å²) in [5.41, 5.74) is 3.10. The maximum absolute atomic E-state index is 13.1. The molecule has 31 heavy (non-hydrogen) atoms. The largest absolute Gasteiger partial charge is 0.416 e. The van der Waals surface area contributed by atoms with Crippen LogP contribution in [0.5, 0.6) is 0 Å². The fourth-order valence-corrected chi connectivity index (χ4v) is 4.85. The second kappa shape index (κ2) is 8.01. The first-order chi connectivity index (χ1) is 14.7. The number of thiocarbonyl (C=S) groups is 1. The second-order valence-electron chi connectivity index (χ2n) is 7.06. The van der Waals surface area contributed by atoms with Crippen LogP contribution >= 0.6 is 24.0 Å². The zero-order chi connectivity index (χ0) is 22.3. The van der Waals surface area contributed by atoms with Crippen LogP contribution < -0.4 is 4.90 Å². The predicted octanol–water partition coefficient (Wildman–Crippen LogP) is 6.52. The molecular formula is C23H17F3N2OS2. The van der Waals surface area contributed by atoms with Gasteiger partial charge in [-0.25, -0.2) is 0 Å². The SMILES string of the molecule is Cc1cc(C=C2SC(=S)N(c3cccc(C(F)(F)F)c3)C2=O)c(C)n1-c1ccccc1. The highest BCUT2D eigenvalue weighted by atomic mass is 32.2. The first-order valence-corrected chi connectivity index (χ1v) is 10.6. The molecule has 1 aliphatic heterocycles. The molecule has 158 valence electrons. The number of alkyl halides is 3. The number of anilines is 1. The van der Waals surface area contributed by atoms with Gasteiger partial charge in [-0.05, 0) is 61.9 Å². The number of carbonyl (C=O) groups is 1. The van der Waals surface area contributed by atoms with Crippen LogP contribution in [-0.2, 0) is 11.0 Å². The zero-order valence-corrected chi connectivity index (χ0v) is 18.2. The van der Waals surface area contributed by atoms with Crippen molar-refractivity contribution in [3.05, 3.63) is 88.1 Å². The van der Waals surface area contributed by atoms with Gasteiger partial charge in [0.15, 0.2) is 4.32 Å². The van der Waals surface area contributed by atoms with E-state index in [1.165, 1.54) is 12.1 Å². The van der Waals surface area contributed by atoms with Crippen LogP contribution in [0.25, 0.3) is 11.8 Å². The van der Waals surface area contributed by atoms with E-state index in [2.05, 4.69) is 4.57 Å². The summed E-state index contributed by atoms with van der Waals surface area (Å²) in [6, 6.07) is 16.4. The van der Waals surface area contributed by atoms with Crippen LogP contribution in [0, 0.1) is 13.8 Å². The van der Waals surface area contributed by atoms with E-state index in [4.69, 9.17) is 12.2 Å². The van der Waals surface area contributed by atoms with Gasteiger partial charge < -0.3 is 4.57 Å². The molecular weight excluding hydrogens is 441 g/mol. The Morgan fingerprint density at radius 2 is 1.65 bits per heavy atom. The summed E-state index contributed by atoms with van der Waals surface area (Å²) in [4.78, 5) is 14.5. The van der Waals surface area contributed by atoms with Gasteiger partial charge in [-0.3, -0.25) is 9.69 Å².